The number of hydrogen-bond acceptors (Lipinski definition) is 5. The molecule has 1 N–H and O–H groups in total. The molecule has 0 radical (unpaired) electrons. The first kappa shape index (κ1) is 16.9. The standard InChI is InChI=1S/C15H26N4O3S/c1-11(2)15-17-16-14-7-6-12(9-19(14)15)18-23(20,21)10-13-5-3-4-8-22-13/h11-13,18H,3-10H2,1-2H3/t12-,13+/m0/s1. The van der Waals surface area contributed by atoms with Gasteiger partial charge in [-0.25, -0.2) is 13.1 Å². The van der Waals surface area contributed by atoms with Crippen LogP contribution in [0.1, 0.15) is 57.1 Å². The van der Waals surface area contributed by atoms with E-state index in [1.807, 2.05) is 0 Å². The largest absolute Gasteiger partial charge is 0.377 e. The summed E-state index contributed by atoms with van der Waals surface area (Å²) in [7, 11) is -3.33. The minimum absolute atomic E-state index is 0.0651. The van der Waals surface area contributed by atoms with Crippen molar-refractivity contribution in [3.63, 3.8) is 0 Å². The number of ether oxygens (including phenoxy) is 1. The molecule has 8 heteroatoms. The van der Waals surface area contributed by atoms with Crippen LogP contribution in [-0.2, 0) is 27.7 Å². The first-order chi connectivity index (χ1) is 10.9. The van der Waals surface area contributed by atoms with Crippen LogP contribution >= 0.6 is 0 Å². The fourth-order valence-corrected chi connectivity index (χ4v) is 4.91. The fourth-order valence-electron chi connectivity index (χ4n) is 3.36. The van der Waals surface area contributed by atoms with Crippen molar-refractivity contribution in [2.24, 2.45) is 0 Å². The van der Waals surface area contributed by atoms with Gasteiger partial charge in [-0.2, -0.15) is 0 Å². The Morgan fingerprint density at radius 3 is 2.83 bits per heavy atom. The van der Waals surface area contributed by atoms with Crippen LogP contribution < -0.4 is 4.72 Å². The van der Waals surface area contributed by atoms with Crippen molar-refractivity contribution in [2.75, 3.05) is 12.4 Å². The molecule has 0 saturated carbocycles. The topological polar surface area (TPSA) is 86.1 Å². The zero-order valence-corrected chi connectivity index (χ0v) is 14.7. The van der Waals surface area contributed by atoms with Crippen molar-refractivity contribution in [2.45, 2.75) is 70.6 Å². The minimum atomic E-state index is -3.33. The van der Waals surface area contributed by atoms with Crippen LogP contribution in [0.5, 0.6) is 0 Å². The van der Waals surface area contributed by atoms with Crippen molar-refractivity contribution in [3.8, 4) is 0 Å². The second-order valence-corrected chi connectivity index (χ2v) is 8.66. The summed E-state index contributed by atoms with van der Waals surface area (Å²) >= 11 is 0. The van der Waals surface area contributed by atoms with E-state index in [1.54, 1.807) is 0 Å². The minimum Gasteiger partial charge on any atom is -0.377 e. The SMILES string of the molecule is CC(C)c1nnc2n1C[C@@H](NS(=O)(=O)C[C@H]1CCCCO1)CC2. The van der Waals surface area contributed by atoms with Gasteiger partial charge in [-0.1, -0.05) is 13.8 Å². The maximum Gasteiger partial charge on any atom is 0.214 e. The van der Waals surface area contributed by atoms with E-state index >= 15 is 0 Å². The summed E-state index contributed by atoms with van der Waals surface area (Å²) in [4.78, 5) is 0. The number of sulfonamides is 1. The van der Waals surface area contributed by atoms with Crippen molar-refractivity contribution >= 4 is 10.0 Å². The van der Waals surface area contributed by atoms with E-state index in [9.17, 15) is 8.42 Å². The summed E-state index contributed by atoms with van der Waals surface area (Å²) in [6.07, 6.45) is 4.26. The Morgan fingerprint density at radius 2 is 2.13 bits per heavy atom. The molecule has 0 unspecified atom stereocenters. The summed E-state index contributed by atoms with van der Waals surface area (Å²) < 4.78 is 35.3. The third kappa shape index (κ3) is 4.10. The second-order valence-electron chi connectivity index (χ2n) is 6.86. The van der Waals surface area contributed by atoms with E-state index in [-0.39, 0.29) is 23.8 Å². The monoisotopic (exact) mass is 342 g/mol. The molecule has 2 aliphatic rings. The van der Waals surface area contributed by atoms with Gasteiger partial charge in [0.25, 0.3) is 0 Å². The Hall–Kier alpha value is -0.990. The lowest BCUT2D eigenvalue weighted by atomic mass is 10.1. The molecule has 0 aromatic carbocycles. The number of hydrogen-bond donors (Lipinski definition) is 1. The van der Waals surface area contributed by atoms with Crippen LogP contribution in [-0.4, -0.2) is 47.7 Å². The van der Waals surface area contributed by atoms with E-state index in [4.69, 9.17) is 4.74 Å². The molecule has 130 valence electrons. The molecule has 1 aromatic rings. The highest BCUT2D eigenvalue weighted by Gasteiger charge is 2.29. The van der Waals surface area contributed by atoms with Crippen LogP contribution in [0.25, 0.3) is 0 Å². The normalized spacial score (nSPS) is 25.5. The highest BCUT2D eigenvalue weighted by Crippen LogP contribution is 2.21. The summed E-state index contributed by atoms with van der Waals surface area (Å²) in [5.41, 5.74) is 0. The highest BCUT2D eigenvalue weighted by molar-refractivity contribution is 7.89. The zero-order valence-electron chi connectivity index (χ0n) is 13.9. The maximum absolute atomic E-state index is 12.4. The van der Waals surface area contributed by atoms with Crippen LogP contribution in [0, 0.1) is 0 Å². The average molecular weight is 342 g/mol. The van der Waals surface area contributed by atoms with Gasteiger partial charge < -0.3 is 9.30 Å². The molecule has 23 heavy (non-hydrogen) atoms. The van der Waals surface area contributed by atoms with Gasteiger partial charge in [-0.15, -0.1) is 10.2 Å². The van der Waals surface area contributed by atoms with Gasteiger partial charge in [0, 0.05) is 31.5 Å². The molecule has 3 rings (SSSR count). The molecule has 2 atom stereocenters. The summed E-state index contributed by atoms with van der Waals surface area (Å²) in [5, 5.41) is 8.46. The van der Waals surface area contributed by atoms with Crippen LogP contribution in [0.15, 0.2) is 0 Å². The molecular weight excluding hydrogens is 316 g/mol. The van der Waals surface area contributed by atoms with E-state index in [0.29, 0.717) is 13.2 Å². The van der Waals surface area contributed by atoms with Gasteiger partial charge in [-0.3, -0.25) is 0 Å². The second kappa shape index (κ2) is 6.86. The maximum atomic E-state index is 12.4. The Bertz CT molecular complexity index is 635. The molecule has 0 bridgehead atoms. The molecule has 7 nitrogen and oxygen atoms in total. The lowest BCUT2D eigenvalue weighted by Crippen LogP contribution is -2.44. The predicted octanol–water partition coefficient (Wildman–Crippen LogP) is 1.20. The van der Waals surface area contributed by atoms with Crippen molar-refractivity contribution in [1.82, 2.24) is 19.5 Å². The lowest BCUT2D eigenvalue weighted by molar-refractivity contribution is 0.0303. The Morgan fingerprint density at radius 1 is 1.30 bits per heavy atom. The molecule has 1 saturated heterocycles. The van der Waals surface area contributed by atoms with Crippen molar-refractivity contribution < 1.29 is 13.2 Å². The third-order valence-electron chi connectivity index (χ3n) is 4.52. The molecule has 1 aromatic heterocycles. The fraction of sp³-hybridized carbons (Fsp3) is 0.867. The molecule has 2 aliphatic heterocycles. The molecule has 0 spiro atoms. The zero-order chi connectivity index (χ0) is 16.4. The van der Waals surface area contributed by atoms with Gasteiger partial charge >= 0.3 is 0 Å². The van der Waals surface area contributed by atoms with Crippen molar-refractivity contribution in [1.29, 1.82) is 0 Å². The first-order valence-corrected chi connectivity index (χ1v) is 10.1. The van der Waals surface area contributed by atoms with Gasteiger partial charge in [0.2, 0.25) is 10.0 Å². The Kier molecular flexibility index (Phi) is 5.03. The highest BCUT2D eigenvalue weighted by atomic mass is 32.2. The number of nitrogens with one attached hydrogen (secondary N) is 1. The Balaban J connectivity index is 1.63. The van der Waals surface area contributed by atoms with Gasteiger partial charge in [-0.05, 0) is 25.7 Å². The number of aromatic nitrogens is 3. The Labute approximate surface area is 137 Å². The summed E-state index contributed by atoms with van der Waals surface area (Å²) in [5.74, 6) is 2.23. The molecule has 1 fully saturated rings. The number of rotatable bonds is 5. The van der Waals surface area contributed by atoms with E-state index in [0.717, 1.165) is 43.8 Å². The van der Waals surface area contributed by atoms with Crippen LogP contribution in [0.2, 0.25) is 0 Å². The predicted molar refractivity (Wildman–Crippen MR) is 86.7 cm³/mol. The summed E-state index contributed by atoms with van der Waals surface area (Å²) in [6.45, 7) is 5.43. The molecule has 0 aliphatic carbocycles. The first-order valence-electron chi connectivity index (χ1n) is 8.48. The smallest absolute Gasteiger partial charge is 0.214 e. The van der Waals surface area contributed by atoms with E-state index < -0.39 is 10.0 Å². The van der Waals surface area contributed by atoms with Crippen molar-refractivity contribution in [3.05, 3.63) is 11.6 Å². The third-order valence-corrected chi connectivity index (χ3v) is 6.02. The number of fused-ring (bicyclic) bond motifs is 1. The van der Waals surface area contributed by atoms with Crippen LogP contribution in [0.3, 0.4) is 0 Å². The van der Waals surface area contributed by atoms with Gasteiger partial charge in [0.05, 0.1) is 11.9 Å². The van der Waals surface area contributed by atoms with E-state index in [2.05, 4.69) is 33.3 Å². The summed E-state index contributed by atoms with van der Waals surface area (Å²) in [6, 6.07) is -0.0930. The lowest BCUT2D eigenvalue weighted by Gasteiger charge is -2.27. The molecule has 3 heterocycles. The molecular formula is C15H26N4O3S. The average Bonchev–Trinajstić information content (AvgIpc) is 2.90. The van der Waals surface area contributed by atoms with E-state index in [1.165, 1.54) is 0 Å². The van der Waals surface area contributed by atoms with Gasteiger partial charge in [0.1, 0.15) is 11.6 Å². The van der Waals surface area contributed by atoms with Gasteiger partial charge in [0.15, 0.2) is 0 Å². The van der Waals surface area contributed by atoms with Crippen LogP contribution in [0.4, 0.5) is 0 Å². The quantitative estimate of drug-likeness (QED) is 0.869. The number of nitrogens with zero attached hydrogens (tertiary/aromatic N) is 3. The molecule has 0 amide bonds. The number of aryl methyl sites for hydroxylation is 1.